The number of nitrogens with zero attached hydrogens (tertiary/aromatic N) is 3. The molecular formula is C19H31IN4O. The van der Waals surface area contributed by atoms with Gasteiger partial charge in [-0.1, -0.05) is 24.3 Å². The molecule has 0 spiro atoms. The Balaban J connectivity index is 0.00000312. The molecule has 0 aromatic heterocycles. The van der Waals surface area contributed by atoms with Gasteiger partial charge in [0, 0.05) is 46.0 Å². The van der Waals surface area contributed by atoms with Crippen LogP contribution in [0.1, 0.15) is 18.4 Å². The van der Waals surface area contributed by atoms with Gasteiger partial charge >= 0.3 is 0 Å². The standard InChI is InChI=1S/C19H30N4O.HI/c1-4-5-8-11-22(3)19(20-2)21-16-17-9-6-7-10-18(17)23-12-14-24-15-13-23;/h4,6-7,9-10H,1,5,8,11-16H2,2-3H3,(H,20,21);1H. The fourth-order valence-electron chi connectivity index (χ4n) is 2.91. The Bertz CT molecular complexity index is 544. The molecule has 0 atom stereocenters. The third-order valence-corrected chi connectivity index (χ3v) is 4.26. The van der Waals surface area contributed by atoms with Gasteiger partial charge in [-0.2, -0.15) is 0 Å². The normalized spacial score (nSPS) is 14.6. The molecule has 0 unspecified atom stereocenters. The Kier molecular flexibility index (Phi) is 10.6. The number of unbranched alkanes of at least 4 members (excludes halogenated alkanes) is 1. The van der Waals surface area contributed by atoms with Crippen LogP contribution in [0.2, 0.25) is 0 Å². The molecule has 6 heteroatoms. The van der Waals surface area contributed by atoms with Crippen molar-refractivity contribution in [3.8, 4) is 0 Å². The molecule has 1 aliphatic rings. The molecule has 0 amide bonds. The van der Waals surface area contributed by atoms with E-state index in [1.54, 1.807) is 0 Å². The van der Waals surface area contributed by atoms with Gasteiger partial charge in [-0.05, 0) is 24.5 Å². The number of para-hydroxylation sites is 1. The molecule has 0 bridgehead atoms. The van der Waals surface area contributed by atoms with Crippen molar-refractivity contribution in [1.82, 2.24) is 10.2 Å². The van der Waals surface area contributed by atoms with Crippen molar-refractivity contribution in [2.24, 2.45) is 4.99 Å². The van der Waals surface area contributed by atoms with Gasteiger partial charge < -0.3 is 19.9 Å². The molecular weight excluding hydrogens is 427 g/mol. The van der Waals surface area contributed by atoms with Gasteiger partial charge in [-0.25, -0.2) is 0 Å². The first-order valence-corrected chi connectivity index (χ1v) is 8.69. The van der Waals surface area contributed by atoms with Crippen LogP contribution in [-0.2, 0) is 11.3 Å². The average Bonchev–Trinajstić information content (AvgIpc) is 2.63. The maximum atomic E-state index is 5.46. The van der Waals surface area contributed by atoms with Crippen LogP contribution in [0.3, 0.4) is 0 Å². The van der Waals surface area contributed by atoms with E-state index in [1.807, 2.05) is 13.1 Å². The maximum Gasteiger partial charge on any atom is 0.193 e. The highest BCUT2D eigenvalue weighted by atomic mass is 127. The summed E-state index contributed by atoms with van der Waals surface area (Å²) >= 11 is 0. The summed E-state index contributed by atoms with van der Waals surface area (Å²) in [6, 6.07) is 8.57. The molecule has 0 saturated carbocycles. The molecule has 1 N–H and O–H groups in total. The SMILES string of the molecule is C=CCCCN(C)C(=NC)NCc1ccccc1N1CCOCC1.I. The Hall–Kier alpha value is -1.28. The second-order valence-corrected chi connectivity index (χ2v) is 5.98. The first kappa shape index (κ1) is 21.8. The number of benzene rings is 1. The van der Waals surface area contributed by atoms with Crippen molar-refractivity contribution in [3.63, 3.8) is 0 Å². The smallest absolute Gasteiger partial charge is 0.193 e. The van der Waals surface area contributed by atoms with E-state index in [-0.39, 0.29) is 24.0 Å². The second-order valence-electron chi connectivity index (χ2n) is 5.98. The zero-order valence-electron chi connectivity index (χ0n) is 15.4. The highest BCUT2D eigenvalue weighted by Gasteiger charge is 2.14. The van der Waals surface area contributed by atoms with E-state index in [0.29, 0.717) is 0 Å². The highest BCUT2D eigenvalue weighted by molar-refractivity contribution is 14.0. The minimum Gasteiger partial charge on any atom is -0.378 e. The van der Waals surface area contributed by atoms with Gasteiger partial charge in [-0.15, -0.1) is 30.6 Å². The molecule has 1 aromatic carbocycles. The summed E-state index contributed by atoms with van der Waals surface area (Å²) in [4.78, 5) is 8.96. The summed E-state index contributed by atoms with van der Waals surface area (Å²) in [7, 11) is 3.91. The van der Waals surface area contributed by atoms with Gasteiger partial charge in [0.25, 0.3) is 0 Å². The number of hydrogen-bond acceptors (Lipinski definition) is 3. The number of morpholine rings is 1. The number of anilines is 1. The zero-order valence-corrected chi connectivity index (χ0v) is 17.7. The number of guanidine groups is 1. The molecule has 0 radical (unpaired) electrons. The van der Waals surface area contributed by atoms with Crippen LogP contribution in [-0.4, -0.2) is 57.8 Å². The third-order valence-electron chi connectivity index (χ3n) is 4.26. The van der Waals surface area contributed by atoms with Crippen molar-refractivity contribution < 1.29 is 4.74 Å². The summed E-state index contributed by atoms with van der Waals surface area (Å²) in [5, 5.41) is 3.48. The Labute approximate surface area is 169 Å². The van der Waals surface area contributed by atoms with Crippen LogP contribution in [0.4, 0.5) is 5.69 Å². The lowest BCUT2D eigenvalue weighted by Gasteiger charge is -2.31. The molecule has 1 heterocycles. The fourth-order valence-corrected chi connectivity index (χ4v) is 2.91. The van der Waals surface area contributed by atoms with E-state index in [4.69, 9.17) is 4.74 Å². The third kappa shape index (κ3) is 6.86. The first-order chi connectivity index (χ1) is 11.8. The lowest BCUT2D eigenvalue weighted by Crippen LogP contribution is -2.40. The van der Waals surface area contributed by atoms with Crippen molar-refractivity contribution in [3.05, 3.63) is 42.5 Å². The fraction of sp³-hybridized carbons (Fsp3) is 0.526. The summed E-state index contributed by atoms with van der Waals surface area (Å²) in [6.45, 7) is 9.02. The van der Waals surface area contributed by atoms with Crippen molar-refractivity contribution in [2.45, 2.75) is 19.4 Å². The molecule has 1 aromatic rings. The largest absolute Gasteiger partial charge is 0.378 e. The van der Waals surface area contributed by atoms with E-state index < -0.39 is 0 Å². The van der Waals surface area contributed by atoms with Crippen LogP contribution in [0.25, 0.3) is 0 Å². The molecule has 1 aliphatic heterocycles. The predicted octanol–water partition coefficient (Wildman–Crippen LogP) is 3.11. The summed E-state index contributed by atoms with van der Waals surface area (Å²) in [5.74, 6) is 0.927. The van der Waals surface area contributed by atoms with Gasteiger partial charge in [0.05, 0.1) is 13.2 Å². The van der Waals surface area contributed by atoms with E-state index >= 15 is 0 Å². The highest BCUT2D eigenvalue weighted by Crippen LogP contribution is 2.21. The number of nitrogens with one attached hydrogen (secondary N) is 1. The Morgan fingerprint density at radius 1 is 1.36 bits per heavy atom. The lowest BCUT2D eigenvalue weighted by atomic mass is 10.1. The van der Waals surface area contributed by atoms with Crippen molar-refractivity contribution in [2.75, 3.05) is 51.8 Å². The first-order valence-electron chi connectivity index (χ1n) is 8.69. The van der Waals surface area contributed by atoms with Crippen LogP contribution >= 0.6 is 24.0 Å². The predicted molar refractivity (Wildman–Crippen MR) is 117 cm³/mol. The number of aliphatic imine (C=N–C) groups is 1. The lowest BCUT2D eigenvalue weighted by molar-refractivity contribution is 0.122. The van der Waals surface area contributed by atoms with E-state index in [9.17, 15) is 0 Å². The molecule has 1 fully saturated rings. The molecule has 25 heavy (non-hydrogen) atoms. The summed E-state index contributed by atoms with van der Waals surface area (Å²) < 4.78 is 5.46. The van der Waals surface area contributed by atoms with Crippen LogP contribution in [0.15, 0.2) is 41.9 Å². The van der Waals surface area contributed by atoms with Crippen LogP contribution in [0.5, 0.6) is 0 Å². The number of allylic oxidation sites excluding steroid dienone is 1. The Morgan fingerprint density at radius 3 is 2.76 bits per heavy atom. The minimum absolute atomic E-state index is 0. The topological polar surface area (TPSA) is 40.1 Å². The quantitative estimate of drug-likeness (QED) is 0.224. The second kappa shape index (κ2) is 12.1. The minimum atomic E-state index is 0. The number of rotatable bonds is 7. The molecule has 1 saturated heterocycles. The summed E-state index contributed by atoms with van der Waals surface area (Å²) in [6.07, 6.45) is 4.08. The van der Waals surface area contributed by atoms with Crippen LogP contribution in [0, 0.1) is 0 Å². The Morgan fingerprint density at radius 2 is 2.08 bits per heavy atom. The van der Waals surface area contributed by atoms with Gasteiger partial charge in [0.15, 0.2) is 5.96 Å². The van der Waals surface area contributed by atoms with Crippen molar-refractivity contribution in [1.29, 1.82) is 0 Å². The maximum absolute atomic E-state index is 5.46. The zero-order chi connectivity index (χ0) is 17.2. The molecule has 140 valence electrons. The van der Waals surface area contributed by atoms with E-state index in [2.05, 4.69) is 58.0 Å². The van der Waals surface area contributed by atoms with E-state index in [0.717, 1.165) is 58.2 Å². The molecule has 2 rings (SSSR count). The van der Waals surface area contributed by atoms with E-state index in [1.165, 1.54) is 11.3 Å². The number of hydrogen-bond donors (Lipinski definition) is 1. The van der Waals surface area contributed by atoms with Crippen LogP contribution < -0.4 is 10.2 Å². The average molecular weight is 458 g/mol. The van der Waals surface area contributed by atoms with Crippen molar-refractivity contribution >= 4 is 35.6 Å². The molecule has 0 aliphatic carbocycles. The number of halogens is 1. The van der Waals surface area contributed by atoms with Gasteiger partial charge in [0.1, 0.15) is 0 Å². The molecule has 5 nitrogen and oxygen atoms in total. The number of ether oxygens (including phenoxy) is 1. The van der Waals surface area contributed by atoms with Gasteiger partial charge in [0.2, 0.25) is 0 Å². The van der Waals surface area contributed by atoms with Gasteiger partial charge in [-0.3, -0.25) is 4.99 Å². The monoisotopic (exact) mass is 458 g/mol. The summed E-state index contributed by atoms with van der Waals surface area (Å²) in [5.41, 5.74) is 2.58.